The van der Waals surface area contributed by atoms with Crippen molar-refractivity contribution in [3.63, 3.8) is 0 Å². The van der Waals surface area contributed by atoms with Crippen LogP contribution in [0.5, 0.6) is 0 Å². The summed E-state index contributed by atoms with van der Waals surface area (Å²) in [6.45, 7) is 2.27. The van der Waals surface area contributed by atoms with Crippen LogP contribution < -0.4 is 0 Å². The van der Waals surface area contributed by atoms with Gasteiger partial charge in [0.1, 0.15) is 0 Å². The molecule has 0 aromatic carbocycles. The topological polar surface area (TPSA) is 18.5 Å². The van der Waals surface area contributed by atoms with Gasteiger partial charge in [0.25, 0.3) is 0 Å². The Morgan fingerprint density at radius 2 is 1.86 bits per heavy atom. The zero-order chi connectivity index (χ0) is 10.7. The molecule has 0 atom stereocenters. The molecule has 14 heavy (non-hydrogen) atoms. The van der Waals surface area contributed by atoms with Crippen LogP contribution in [0.2, 0.25) is 0 Å². The van der Waals surface area contributed by atoms with Gasteiger partial charge in [-0.3, -0.25) is 0 Å². The van der Waals surface area contributed by atoms with Gasteiger partial charge in [0.2, 0.25) is 5.69 Å². The Balaban J connectivity index is 2.42. The molecule has 0 spiro atoms. The first-order chi connectivity index (χ1) is 6.54. The fraction of sp³-hybridized carbons (Fsp3) is 1.00. The van der Waals surface area contributed by atoms with Crippen LogP contribution >= 0.6 is 40.6 Å². The van der Waals surface area contributed by atoms with Gasteiger partial charge >= 0.3 is 0 Å². The van der Waals surface area contributed by atoms with Crippen LogP contribution in [0.4, 0.5) is 0 Å². The van der Waals surface area contributed by atoms with E-state index in [1.807, 2.05) is 23.5 Å². The molecule has 0 saturated carbocycles. The molecule has 2 nitrogen and oxygen atoms in total. The minimum Gasteiger partial charge on any atom is -0.325 e. The number of rotatable bonds is 5. The molecule has 0 aromatic heterocycles. The van der Waals surface area contributed by atoms with Gasteiger partial charge in [0, 0.05) is 31.5 Å². The summed E-state index contributed by atoms with van der Waals surface area (Å²) in [7, 11) is 3.27. The van der Waals surface area contributed by atoms with E-state index in [4.69, 9.17) is 20.9 Å². The number of hydrogen-bond donors (Lipinski definition) is 0. The van der Waals surface area contributed by atoms with E-state index in [2.05, 4.69) is 6.92 Å². The van der Waals surface area contributed by atoms with Gasteiger partial charge in [-0.25, -0.2) is 0 Å². The summed E-state index contributed by atoms with van der Waals surface area (Å²) in [5.41, 5.74) is -2.05. The van der Waals surface area contributed by atoms with E-state index in [1.54, 1.807) is 25.6 Å². The zero-order valence-electron chi connectivity index (χ0n) is 8.52. The van der Waals surface area contributed by atoms with E-state index >= 15 is 0 Å². The van der Waals surface area contributed by atoms with Gasteiger partial charge in [-0.05, 0) is 18.7 Å². The predicted molar refractivity (Wildman–Crippen MR) is 74.1 cm³/mol. The van der Waals surface area contributed by atoms with Crippen LogP contribution in [0.25, 0.3) is 0 Å². The maximum absolute atomic E-state index is 5.30. The van der Waals surface area contributed by atoms with E-state index in [0.717, 1.165) is 5.75 Å². The number of thioether (sulfide) groups is 2. The van der Waals surface area contributed by atoms with Crippen molar-refractivity contribution >= 4 is 52.4 Å². The molecule has 84 valence electrons. The average molecular weight is 290 g/mol. The molecule has 0 radical (unpaired) electrons. The summed E-state index contributed by atoms with van der Waals surface area (Å²) in [5.74, 6) is 3.48. The third-order valence-corrected chi connectivity index (χ3v) is 11.5. The van der Waals surface area contributed by atoms with Crippen molar-refractivity contribution in [3.05, 3.63) is 0 Å². The second kappa shape index (κ2) is 5.80. The van der Waals surface area contributed by atoms with E-state index in [0.29, 0.717) is 4.08 Å². The van der Waals surface area contributed by atoms with Crippen LogP contribution in [0.3, 0.4) is 0 Å². The zero-order valence-corrected chi connectivity index (χ0v) is 12.7. The van der Waals surface area contributed by atoms with Crippen molar-refractivity contribution in [2.24, 2.45) is 0 Å². The summed E-state index contributed by atoms with van der Waals surface area (Å²) in [4.78, 5) is 0. The Hall–Kier alpha value is 1.62. The molecule has 7 heteroatoms. The first-order valence-corrected chi connectivity index (χ1v) is 10.4. The highest BCUT2D eigenvalue weighted by Crippen LogP contribution is 2.62. The van der Waals surface area contributed by atoms with Crippen molar-refractivity contribution in [1.82, 2.24) is 0 Å². The largest absolute Gasteiger partial charge is 0.325 e. The van der Waals surface area contributed by atoms with Crippen LogP contribution in [0.1, 0.15) is 6.92 Å². The van der Waals surface area contributed by atoms with Gasteiger partial charge in [-0.15, -0.1) is 23.5 Å². The van der Waals surface area contributed by atoms with E-state index < -0.39 is 5.69 Å². The monoisotopic (exact) mass is 290 g/mol. The SMILES string of the molecule is COP(=S)(OC)SCC1(C)SCCS1. The quantitative estimate of drug-likeness (QED) is 0.717. The Labute approximate surface area is 104 Å². The maximum atomic E-state index is 5.30. The number of hydrogen-bond acceptors (Lipinski definition) is 6. The second-order valence-electron chi connectivity index (χ2n) is 2.92. The van der Waals surface area contributed by atoms with Crippen molar-refractivity contribution in [2.45, 2.75) is 11.0 Å². The highest BCUT2D eigenvalue weighted by Gasteiger charge is 2.33. The molecule has 0 amide bonds. The lowest BCUT2D eigenvalue weighted by Gasteiger charge is -2.24. The lowest BCUT2D eigenvalue weighted by Crippen LogP contribution is -2.14. The minimum atomic E-state index is -2.05. The Morgan fingerprint density at radius 3 is 2.29 bits per heavy atom. The normalized spacial score (nSPS) is 21.4. The highest BCUT2D eigenvalue weighted by molar-refractivity contribution is 8.68. The molecule has 1 aliphatic rings. The van der Waals surface area contributed by atoms with E-state index in [9.17, 15) is 0 Å². The molecular weight excluding hydrogens is 275 g/mol. The van der Waals surface area contributed by atoms with Gasteiger partial charge < -0.3 is 9.05 Å². The van der Waals surface area contributed by atoms with Crippen molar-refractivity contribution in [3.8, 4) is 0 Å². The Kier molecular flexibility index (Phi) is 5.67. The predicted octanol–water partition coefficient (Wildman–Crippen LogP) is 3.43. The molecular formula is C7H15O2PS4. The summed E-state index contributed by atoms with van der Waals surface area (Å²) >= 11 is 11.0. The van der Waals surface area contributed by atoms with Gasteiger partial charge in [-0.2, -0.15) is 0 Å². The molecule has 0 aromatic rings. The molecule has 1 saturated heterocycles. The Morgan fingerprint density at radius 1 is 1.36 bits per heavy atom. The third kappa shape index (κ3) is 3.89. The molecule has 0 bridgehead atoms. The average Bonchev–Trinajstić information content (AvgIpc) is 2.63. The van der Waals surface area contributed by atoms with Gasteiger partial charge in [0.15, 0.2) is 0 Å². The van der Waals surface area contributed by atoms with Gasteiger partial charge in [0.05, 0.1) is 4.08 Å². The summed E-state index contributed by atoms with van der Waals surface area (Å²) in [5, 5.41) is 0. The third-order valence-electron chi connectivity index (χ3n) is 1.83. The first-order valence-electron chi connectivity index (χ1n) is 4.17. The highest BCUT2D eigenvalue weighted by atomic mass is 32.9. The van der Waals surface area contributed by atoms with Crippen LogP contribution in [0.15, 0.2) is 0 Å². The fourth-order valence-electron chi connectivity index (χ4n) is 1.02. The fourth-order valence-corrected chi connectivity index (χ4v) is 8.03. The molecule has 1 fully saturated rings. The van der Waals surface area contributed by atoms with E-state index in [1.165, 1.54) is 11.5 Å². The molecule has 1 aliphatic heterocycles. The van der Waals surface area contributed by atoms with Gasteiger partial charge in [-0.1, -0.05) is 11.4 Å². The van der Waals surface area contributed by atoms with Crippen LogP contribution in [0, 0.1) is 0 Å². The van der Waals surface area contributed by atoms with Crippen LogP contribution in [-0.4, -0.2) is 35.6 Å². The van der Waals surface area contributed by atoms with Crippen LogP contribution in [-0.2, 0) is 20.9 Å². The molecule has 0 unspecified atom stereocenters. The first kappa shape index (κ1) is 13.7. The van der Waals surface area contributed by atoms with Crippen molar-refractivity contribution in [1.29, 1.82) is 0 Å². The lowest BCUT2D eigenvalue weighted by molar-refractivity contribution is 0.354. The Bertz CT molecular complexity index is 222. The van der Waals surface area contributed by atoms with Crippen molar-refractivity contribution in [2.75, 3.05) is 31.5 Å². The van der Waals surface area contributed by atoms with E-state index in [-0.39, 0.29) is 0 Å². The molecule has 0 aliphatic carbocycles. The van der Waals surface area contributed by atoms with Crippen molar-refractivity contribution < 1.29 is 9.05 Å². The minimum absolute atomic E-state index is 0.297. The summed E-state index contributed by atoms with van der Waals surface area (Å²) in [6, 6.07) is 0. The summed E-state index contributed by atoms with van der Waals surface area (Å²) in [6.07, 6.45) is 0. The summed E-state index contributed by atoms with van der Waals surface area (Å²) < 4.78 is 10.8. The second-order valence-corrected chi connectivity index (χ2v) is 12.9. The lowest BCUT2D eigenvalue weighted by atomic mass is 10.5. The molecule has 0 N–H and O–H groups in total. The smallest absolute Gasteiger partial charge is 0.246 e. The molecule has 1 heterocycles. The standard InChI is InChI=1S/C7H15O2PS4/c1-7(12-4-5-13-7)6-14-10(11,8-2)9-3/h4-6H2,1-3H3. The molecule has 1 rings (SSSR count). The maximum Gasteiger partial charge on any atom is 0.246 e.